The second kappa shape index (κ2) is 7.40. The van der Waals surface area contributed by atoms with Crippen LogP contribution >= 0.6 is 0 Å². The molecule has 1 heterocycles. The van der Waals surface area contributed by atoms with Gasteiger partial charge in [0.1, 0.15) is 23.1 Å². The van der Waals surface area contributed by atoms with Gasteiger partial charge in [0.25, 0.3) is 5.91 Å². The third-order valence-corrected chi connectivity index (χ3v) is 3.10. The van der Waals surface area contributed by atoms with E-state index in [0.717, 1.165) is 5.56 Å². The third kappa shape index (κ3) is 4.29. The van der Waals surface area contributed by atoms with Gasteiger partial charge >= 0.3 is 0 Å². The van der Waals surface area contributed by atoms with Crippen molar-refractivity contribution < 1.29 is 9.53 Å². The van der Waals surface area contributed by atoms with Crippen LogP contribution in [0, 0.1) is 13.8 Å². The molecular weight excluding hydrogens is 292 g/mol. The van der Waals surface area contributed by atoms with Gasteiger partial charge in [-0.25, -0.2) is 9.97 Å². The maximum atomic E-state index is 12.5. The van der Waals surface area contributed by atoms with Gasteiger partial charge < -0.3 is 15.4 Å². The lowest BCUT2D eigenvalue weighted by atomic mass is 10.2. The Labute approximate surface area is 135 Å². The van der Waals surface area contributed by atoms with Crippen LogP contribution in [-0.4, -0.2) is 29.5 Å². The van der Waals surface area contributed by atoms with Crippen molar-refractivity contribution in [1.82, 2.24) is 9.97 Å². The number of methoxy groups -OCH3 is 1. The fourth-order valence-corrected chi connectivity index (χ4v) is 2.06. The molecule has 0 aliphatic carbocycles. The van der Waals surface area contributed by atoms with E-state index in [9.17, 15) is 4.79 Å². The molecule has 23 heavy (non-hydrogen) atoms. The number of hydrogen-bond acceptors (Lipinski definition) is 5. The highest BCUT2D eigenvalue weighted by Crippen LogP contribution is 2.25. The maximum absolute atomic E-state index is 12.5. The predicted octanol–water partition coefficient (Wildman–Crippen LogP) is 2.95. The van der Waals surface area contributed by atoms with Crippen molar-refractivity contribution in [2.45, 2.75) is 13.8 Å². The van der Waals surface area contributed by atoms with E-state index in [0.29, 0.717) is 29.6 Å². The zero-order valence-electron chi connectivity index (χ0n) is 13.5. The van der Waals surface area contributed by atoms with Gasteiger partial charge in [-0.3, -0.25) is 4.79 Å². The van der Waals surface area contributed by atoms with E-state index in [-0.39, 0.29) is 11.6 Å². The average Bonchev–Trinajstić information content (AvgIpc) is 2.52. The van der Waals surface area contributed by atoms with Crippen molar-refractivity contribution in [2.24, 2.45) is 0 Å². The first-order valence-electron chi connectivity index (χ1n) is 7.20. The highest BCUT2D eigenvalue weighted by Gasteiger charge is 2.13. The molecule has 1 amide bonds. The van der Waals surface area contributed by atoms with Crippen LogP contribution in [0.15, 0.2) is 36.9 Å². The molecule has 0 atom stereocenters. The van der Waals surface area contributed by atoms with E-state index in [2.05, 4.69) is 27.2 Å². The molecule has 0 fully saturated rings. The Morgan fingerprint density at radius 2 is 2.09 bits per heavy atom. The molecule has 0 saturated carbocycles. The van der Waals surface area contributed by atoms with E-state index in [4.69, 9.17) is 4.74 Å². The Kier molecular flexibility index (Phi) is 5.30. The number of aryl methyl sites for hydroxylation is 2. The summed E-state index contributed by atoms with van der Waals surface area (Å²) in [5, 5.41) is 5.88. The molecule has 0 aliphatic heterocycles. The number of amides is 1. The molecule has 2 rings (SSSR count). The van der Waals surface area contributed by atoms with Crippen LogP contribution < -0.4 is 15.4 Å². The van der Waals surface area contributed by atoms with E-state index < -0.39 is 0 Å². The number of carbonyl (C=O) groups is 1. The van der Waals surface area contributed by atoms with E-state index in [1.54, 1.807) is 26.2 Å². The van der Waals surface area contributed by atoms with Crippen LogP contribution in [0.25, 0.3) is 0 Å². The number of nitrogens with zero attached hydrogens (tertiary/aromatic N) is 2. The molecule has 0 bridgehead atoms. The number of rotatable bonds is 6. The Morgan fingerprint density at radius 3 is 2.78 bits per heavy atom. The third-order valence-electron chi connectivity index (χ3n) is 3.10. The molecule has 1 aromatic carbocycles. The van der Waals surface area contributed by atoms with E-state index >= 15 is 0 Å². The molecular formula is C17H20N4O2. The number of hydrogen-bond donors (Lipinski definition) is 2. The van der Waals surface area contributed by atoms with Crippen LogP contribution in [0.4, 0.5) is 11.5 Å². The normalized spacial score (nSPS) is 10.0. The van der Waals surface area contributed by atoms with Gasteiger partial charge in [0.15, 0.2) is 0 Å². The summed E-state index contributed by atoms with van der Waals surface area (Å²) in [6, 6.07) is 7.18. The Morgan fingerprint density at radius 1 is 1.30 bits per heavy atom. The number of carbonyl (C=O) groups excluding carboxylic acids is 1. The largest absolute Gasteiger partial charge is 0.495 e. The molecule has 6 nitrogen and oxygen atoms in total. The minimum atomic E-state index is -0.318. The molecule has 6 heteroatoms. The van der Waals surface area contributed by atoms with Gasteiger partial charge in [-0.15, -0.1) is 6.58 Å². The SMILES string of the molecule is C=CCNc1cc(C(=O)Nc2cc(C)ccc2OC)nc(C)n1. The summed E-state index contributed by atoms with van der Waals surface area (Å²) >= 11 is 0. The molecule has 0 spiro atoms. The minimum Gasteiger partial charge on any atom is -0.495 e. The van der Waals surface area contributed by atoms with E-state index in [1.807, 2.05) is 25.1 Å². The fourth-order valence-electron chi connectivity index (χ4n) is 2.06. The number of nitrogens with one attached hydrogen (secondary N) is 2. The summed E-state index contributed by atoms with van der Waals surface area (Å²) in [4.78, 5) is 20.9. The number of aromatic nitrogens is 2. The molecule has 120 valence electrons. The van der Waals surface area contributed by atoms with Crippen molar-refractivity contribution in [3.63, 3.8) is 0 Å². The monoisotopic (exact) mass is 312 g/mol. The summed E-state index contributed by atoms with van der Waals surface area (Å²) in [5.41, 5.74) is 1.91. The lowest BCUT2D eigenvalue weighted by molar-refractivity contribution is 0.102. The molecule has 0 unspecified atom stereocenters. The molecule has 1 aromatic heterocycles. The van der Waals surface area contributed by atoms with Gasteiger partial charge in [0, 0.05) is 12.6 Å². The van der Waals surface area contributed by atoms with Crippen molar-refractivity contribution in [3.05, 3.63) is 54.0 Å². The summed E-state index contributed by atoms with van der Waals surface area (Å²) in [7, 11) is 1.56. The smallest absolute Gasteiger partial charge is 0.274 e. The summed E-state index contributed by atoms with van der Waals surface area (Å²) in [6.45, 7) is 7.88. The van der Waals surface area contributed by atoms with Crippen LogP contribution in [0.1, 0.15) is 21.9 Å². The number of benzene rings is 1. The molecule has 0 radical (unpaired) electrons. The van der Waals surface area contributed by atoms with Crippen LogP contribution in [0.2, 0.25) is 0 Å². The second-order valence-electron chi connectivity index (χ2n) is 5.01. The van der Waals surface area contributed by atoms with E-state index in [1.165, 1.54) is 0 Å². The summed E-state index contributed by atoms with van der Waals surface area (Å²) < 4.78 is 5.27. The fraction of sp³-hybridized carbons (Fsp3) is 0.235. The van der Waals surface area contributed by atoms with Crippen LogP contribution in [-0.2, 0) is 0 Å². The molecule has 2 aromatic rings. The zero-order valence-corrected chi connectivity index (χ0v) is 13.5. The first-order chi connectivity index (χ1) is 11.0. The topological polar surface area (TPSA) is 76.1 Å². The van der Waals surface area contributed by atoms with Crippen LogP contribution in [0.3, 0.4) is 0 Å². The Balaban J connectivity index is 2.25. The lowest BCUT2D eigenvalue weighted by Crippen LogP contribution is -2.16. The van der Waals surface area contributed by atoms with Crippen molar-refractivity contribution >= 4 is 17.4 Å². The van der Waals surface area contributed by atoms with Crippen molar-refractivity contribution in [1.29, 1.82) is 0 Å². The molecule has 0 aliphatic rings. The highest BCUT2D eigenvalue weighted by atomic mass is 16.5. The summed E-state index contributed by atoms with van der Waals surface area (Å²) in [5.74, 6) is 1.37. The summed E-state index contributed by atoms with van der Waals surface area (Å²) in [6.07, 6.45) is 1.72. The zero-order chi connectivity index (χ0) is 16.8. The van der Waals surface area contributed by atoms with Gasteiger partial charge in [-0.2, -0.15) is 0 Å². The van der Waals surface area contributed by atoms with Gasteiger partial charge in [-0.1, -0.05) is 12.1 Å². The maximum Gasteiger partial charge on any atom is 0.274 e. The first-order valence-corrected chi connectivity index (χ1v) is 7.20. The minimum absolute atomic E-state index is 0.285. The van der Waals surface area contributed by atoms with Gasteiger partial charge in [0.2, 0.25) is 0 Å². The number of ether oxygens (including phenoxy) is 1. The van der Waals surface area contributed by atoms with Gasteiger partial charge in [-0.05, 0) is 31.5 Å². The number of anilines is 2. The van der Waals surface area contributed by atoms with Gasteiger partial charge in [0.05, 0.1) is 12.8 Å². The Hall–Kier alpha value is -2.89. The average molecular weight is 312 g/mol. The van der Waals surface area contributed by atoms with Crippen LogP contribution in [0.5, 0.6) is 5.75 Å². The standard InChI is InChI=1S/C17H20N4O2/c1-5-8-18-16-10-14(19-12(3)20-16)17(22)21-13-9-11(2)6-7-15(13)23-4/h5-7,9-10H,1,8H2,2-4H3,(H,21,22)(H,18,19,20). The predicted molar refractivity (Wildman–Crippen MR) is 91.1 cm³/mol. The highest BCUT2D eigenvalue weighted by molar-refractivity contribution is 6.04. The van der Waals surface area contributed by atoms with Crippen molar-refractivity contribution in [2.75, 3.05) is 24.3 Å². The molecule has 2 N–H and O–H groups in total. The first kappa shape index (κ1) is 16.5. The molecule has 0 saturated heterocycles. The van der Waals surface area contributed by atoms with Crippen molar-refractivity contribution in [3.8, 4) is 5.75 Å². The second-order valence-corrected chi connectivity index (χ2v) is 5.01. The lowest BCUT2D eigenvalue weighted by Gasteiger charge is -2.11. The Bertz CT molecular complexity index is 729. The quantitative estimate of drug-likeness (QED) is 0.802.